The number of hydrogen-bond donors (Lipinski definition) is 2. The Labute approximate surface area is 178 Å². The number of aromatic hydroxyl groups is 1. The number of phenols is 1. The lowest BCUT2D eigenvalue weighted by Gasteiger charge is -2.25. The first-order valence-corrected chi connectivity index (χ1v) is 9.83. The molecule has 0 radical (unpaired) electrons. The van der Waals surface area contributed by atoms with Crippen LogP contribution in [0.25, 0.3) is 5.76 Å². The molecule has 0 aromatic heterocycles. The van der Waals surface area contributed by atoms with Crippen LogP contribution in [-0.4, -0.2) is 33.3 Å². The van der Waals surface area contributed by atoms with Crippen LogP contribution in [0.3, 0.4) is 0 Å². The molecule has 1 aliphatic heterocycles. The normalized spacial score (nSPS) is 17.8. The van der Waals surface area contributed by atoms with Gasteiger partial charge in [-0.15, -0.1) is 0 Å². The number of likely N-dealkylation sites (tertiary alicyclic amines) is 1. The largest absolute Gasteiger partial charge is 0.508 e. The van der Waals surface area contributed by atoms with Gasteiger partial charge < -0.3 is 15.1 Å². The van der Waals surface area contributed by atoms with Gasteiger partial charge in [0.05, 0.1) is 11.6 Å². The first-order chi connectivity index (χ1) is 15.0. The van der Waals surface area contributed by atoms with E-state index in [0.29, 0.717) is 12.0 Å². The number of benzene rings is 3. The average molecular weight is 417 g/mol. The van der Waals surface area contributed by atoms with Crippen molar-refractivity contribution in [1.82, 2.24) is 4.90 Å². The molecule has 1 unspecified atom stereocenters. The maximum atomic E-state index is 14.7. The van der Waals surface area contributed by atoms with Crippen molar-refractivity contribution in [2.75, 3.05) is 6.54 Å². The van der Waals surface area contributed by atoms with E-state index in [9.17, 15) is 24.2 Å². The van der Waals surface area contributed by atoms with Gasteiger partial charge in [0, 0.05) is 17.7 Å². The summed E-state index contributed by atoms with van der Waals surface area (Å²) in [6, 6.07) is 19.8. The number of phenolic OH excluding ortho intramolecular Hbond substituents is 1. The molecule has 0 aliphatic carbocycles. The highest BCUT2D eigenvalue weighted by Crippen LogP contribution is 2.40. The van der Waals surface area contributed by atoms with Crippen LogP contribution in [0.5, 0.6) is 5.75 Å². The van der Waals surface area contributed by atoms with E-state index >= 15 is 0 Å². The topological polar surface area (TPSA) is 77.8 Å². The zero-order valence-electron chi connectivity index (χ0n) is 16.5. The number of aliphatic hydroxyl groups is 1. The quantitative estimate of drug-likeness (QED) is 0.371. The highest BCUT2D eigenvalue weighted by Gasteiger charge is 2.46. The van der Waals surface area contributed by atoms with E-state index in [1.807, 2.05) is 0 Å². The number of hydrogen-bond acceptors (Lipinski definition) is 4. The van der Waals surface area contributed by atoms with Crippen molar-refractivity contribution in [3.05, 3.63) is 107 Å². The SMILES string of the molecule is O=C1C(=O)N(CCc2ccc(O)cc2)C(c2ccccc2F)/C1=C(/O)c1ccccc1. The molecular formula is C25H20FNO4. The molecule has 5 nitrogen and oxygen atoms in total. The van der Waals surface area contributed by atoms with E-state index in [2.05, 4.69) is 0 Å². The van der Waals surface area contributed by atoms with Gasteiger partial charge in [0.1, 0.15) is 17.3 Å². The summed E-state index contributed by atoms with van der Waals surface area (Å²) in [7, 11) is 0. The van der Waals surface area contributed by atoms with Crippen LogP contribution in [-0.2, 0) is 16.0 Å². The summed E-state index contributed by atoms with van der Waals surface area (Å²) in [5.41, 5.74) is 1.23. The van der Waals surface area contributed by atoms with Crippen LogP contribution in [0, 0.1) is 5.82 Å². The summed E-state index contributed by atoms with van der Waals surface area (Å²) < 4.78 is 14.7. The second-order valence-corrected chi connectivity index (χ2v) is 7.30. The lowest BCUT2D eigenvalue weighted by molar-refractivity contribution is -0.139. The number of rotatable bonds is 5. The van der Waals surface area contributed by atoms with Gasteiger partial charge in [0.2, 0.25) is 0 Å². The monoisotopic (exact) mass is 417 g/mol. The van der Waals surface area contributed by atoms with Crippen LogP contribution in [0.4, 0.5) is 4.39 Å². The Hall–Kier alpha value is -3.93. The highest BCUT2D eigenvalue weighted by molar-refractivity contribution is 6.46. The molecule has 3 aromatic carbocycles. The Kier molecular flexibility index (Phi) is 5.54. The molecule has 0 spiro atoms. The van der Waals surface area contributed by atoms with Crippen LogP contribution in [0.15, 0.2) is 84.4 Å². The number of aliphatic hydroxyl groups excluding tert-OH is 1. The summed E-state index contributed by atoms with van der Waals surface area (Å²) in [4.78, 5) is 27.1. The number of carbonyl (C=O) groups is 2. The molecule has 1 fully saturated rings. The Morgan fingerprint density at radius 1 is 0.903 bits per heavy atom. The fraction of sp³-hybridized carbons (Fsp3) is 0.120. The molecule has 1 saturated heterocycles. The maximum absolute atomic E-state index is 14.7. The van der Waals surface area contributed by atoms with Gasteiger partial charge in [0.15, 0.2) is 0 Å². The molecule has 31 heavy (non-hydrogen) atoms. The molecule has 0 saturated carbocycles. The van der Waals surface area contributed by atoms with Crippen molar-refractivity contribution in [2.45, 2.75) is 12.5 Å². The summed E-state index contributed by atoms with van der Waals surface area (Å²) in [6.45, 7) is 0.139. The third kappa shape index (κ3) is 3.92. The van der Waals surface area contributed by atoms with Crippen molar-refractivity contribution >= 4 is 17.4 Å². The van der Waals surface area contributed by atoms with E-state index in [1.54, 1.807) is 48.5 Å². The van der Waals surface area contributed by atoms with Gasteiger partial charge in [-0.25, -0.2) is 4.39 Å². The van der Waals surface area contributed by atoms with Crippen molar-refractivity contribution in [3.8, 4) is 5.75 Å². The smallest absolute Gasteiger partial charge is 0.295 e. The van der Waals surface area contributed by atoms with Crippen molar-refractivity contribution in [1.29, 1.82) is 0 Å². The zero-order chi connectivity index (χ0) is 22.0. The van der Waals surface area contributed by atoms with E-state index in [4.69, 9.17) is 0 Å². The lowest BCUT2D eigenvalue weighted by Crippen LogP contribution is -2.32. The van der Waals surface area contributed by atoms with Crippen molar-refractivity contribution < 1.29 is 24.2 Å². The first kappa shape index (κ1) is 20.3. The number of amides is 1. The minimum Gasteiger partial charge on any atom is -0.508 e. The van der Waals surface area contributed by atoms with Crippen molar-refractivity contribution in [3.63, 3.8) is 0 Å². The van der Waals surface area contributed by atoms with Crippen molar-refractivity contribution in [2.24, 2.45) is 0 Å². The third-order valence-electron chi connectivity index (χ3n) is 5.36. The highest BCUT2D eigenvalue weighted by atomic mass is 19.1. The summed E-state index contributed by atoms with van der Waals surface area (Å²) in [5, 5.41) is 20.3. The van der Waals surface area contributed by atoms with Gasteiger partial charge in [-0.2, -0.15) is 0 Å². The van der Waals surface area contributed by atoms with E-state index in [-0.39, 0.29) is 29.2 Å². The predicted molar refractivity (Wildman–Crippen MR) is 114 cm³/mol. The Morgan fingerprint density at radius 3 is 2.23 bits per heavy atom. The van der Waals surface area contributed by atoms with E-state index in [1.165, 1.54) is 35.2 Å². The molecule has 3 aromatic rings. The third-order valence-corrected chi connectivity index (χ3v) is 5.36. The van der Waals surface area contributed by atoms with E-state index in [0.717, 1.165) is 5.56 Å². The van der Waals surface area contributed by atoms with Crippen LogP contribution < -0.4 is 0 Å². The second-order valence-electron chi connectivity index (χ2n) is 7.30. The fourth-order valence-corrected chi connectivity index (χ4v) is 3.79. The summed E-state index contributed by atoms with van der Waals surface area (Å²) in [5.74, 6) is -2.41. The Morgan fingerprint density at radius 2 is 1.55 bits per heavy atom. The van der Waals surface area contributed by atoms with Gasteiger partial charge in [-0.05, 0) is 30.2 Å². The molecule has 2 N–H and O–H groups in total. The number of Topliss-reactive ketones (excluding diaryl/α,β-unsaturated/α-hetero) is 1. The van der Waals surface area contributed by atoms with Crippen LogP contribution in [0.1, 0.15) is 22.7 Å². The molecule has 4 rings (SSSR count). The molecule has 1 aliphatic rings. The van der Waals surface area contributed by atoms with E-state index < -0.39 is 23.5 Å². The molecular weight excluding hydrogens is 397 g/mol. The number of halogens is 1. The number of carbonyl (C=O) groups excluding carboxylic acids is 2. The molecule has 0 bridgehead atoms. The first-order valence-electron chi connectivity index (χ1n) is 9.83. The molecule has 1 amide bonds. The number of nitrogens with zero attached hydrogens (tertiary/aromatic N) is 1. The fourth-order valence-electron chi connectivity index (χ4n) is 3.79. The molecule has 156 valence electrons. The van der Waals surface area contributed by atoms with Gasteiger partial charge in [-0.1, -0.05) is 60.7 Å². The second kappa shape index (κ2) is 8.44. The minimum absolute atomic E-state index is 0.124. The minimum atomic E-state index is -1.04. The average Bonchev–Trinajstić information content (AvgIpc) is 3.04. The van der Waals surface area contributed by atoms with Gasteiger partial charge in [0.25, 0.3) is 11.7 Å². The molecule has 6 heteroatoms. The van der Waals surface area contributed by atoms with Gasteiger partial charge >= 0.3 is 0 Å². The van der Waals surface area contributed by atoms with Crippen LogP contribution >= 0.6 is 0 Å². The molecule has 1 atom stereocenters. The van der Waals surface area contributed by atoms with Crippen LogP contribution in [0.2, 0.25) is 0 Å². The Bertz CT molecular complexity index is 1160. The maximum Gasteiger partial charge on any atom is 0.295 e. The van der Waals surface area contributed by atoms with Gasteiger partial charge in [-0.3, -0.25) is 9.59 Å². The predicted octanol–water partition coefficient (Wildman–Crippen LogP) is 4.20. The zero-order valence-corrected chi connectivity index (χ0v) is 16.5. The summed E-state index contributed by atoms with van der Waals surface area (Å²) >= 11 is 0. The Balaban J connectivity index is 1.78. The summed E-state index contributed by atoms with van der Waals surface area (Å²) in [6.07, 6.45) is 0.392. The number of ketones is 1. The lowest BCUT2D eigenvalue weighted by atomic mass is 9.95. The standard InChI is InChI=1S/C25H20FNO4/c26-20-9-5-4-8-19(20)22-21(23(29)17-6-2-1-3-7-17)24(30)25(31)27(22)15-14-16-10-12-18(28)13-11-16/h1-13,22,28-29H,14-15H2/b23-21-. The molecule has 1 heterocycles.